The SMILES string of the molecule is CC(=O)NC(C)(CC(=O)c1ccc2ccccc2c1)c1ccc2ccccc2c1. The van der Waals surface area contributed by atoms with Gasteiger partial charge in [-0.15, -0.1) is 0 Å². The van der Waals surface area contributed by atoms with Gasteiger partial charge < -0.3 is 5.32 Å². The van der Waals surface area contributed by atoms with E-state index in [9.17, 15) is 9.59 Å². The van der Waals surface area contributed by atoms with Gasteiger partial charge in [0.1, 0.15) is 0 Å². The fourth-order valence-electron chi connectivity index (χ4n) is 3.93. The molecule has 0 saturated carbocycles. The van der Waals surface area contributed by atoms with Crippen LogP contribution >= 0.6 is 0 Å². The second-order valence-electron chi connectivity index (χ2n) is 7.74. The minimum Gasteiger partial charge on any atom is -0.347 e. The first-order valence-corrected chi connectivity index (χ1v) is 9.75. The van der Waals surface area contributed by atoms with E-state index in [2.05, 4.69) is 17.4 Å². The van der Waals surface area contributed by atoms with E-state index in [0.717, 1.165) is 27.1 Å². The predicted molar refractivity (Wildman–Crippen MR) is 118 cm³/mol. The first-order chi connectivity index (χ1) is 13.9. The minimum absolute atomic E-state index is 0.000150. The van der Waals surface area contributed by atoms with E-state index >= 15 is 0 Å². The van der Waals surface area contributed by atoms with Crippen LogP contribution in [0.15, 0.2) is 84.9 Å². The summed E-state index contributed by atoms with van der Waals surface area (Å²) in [4.78, 5) is 25.1. The Morgan fingerprint density at radius 3 is 1.93 bits per heavy atom. The molecule has 0 heterocycles. The molecule has 0 saturated heterocycles. The third-order valence-corrected chi connectivity index (χ3v) is 5.42. The van der Waals surface area contributed by atoms with E-state index in [-0.39, 0.29) is 18.1 Å². The number of hydrogen-bond donors (Lipinski definition) is 1. The van der Waals surface area contributed by atoms with Gasteiger partial charge in [0.05, 0.1) is 5.54 Å². The minimum atomic E-state index is -0.793. The molecule has 3 heteroatoms. The number of fused-ring (bicyclic) bond motifs is 2. The Balaban J connectivity index is 1.71. The highest BCUT2D eigenvalue weighted by Gasteiger charge is 2.31. The van der Waals surface area contributed by atoms with E-state index in [0.29, 0.717) is 5.56 Å². The largest absolute Gasteiger partial charge is 0.347 e. The molecule has 0 aliphatic rings. The van der Waals surface area contributed by atoms with Gasteiger partial charge in [0, 0.05) is 18.9 Å². The number of carbonyl (C=O) groups excluding carboxylic acids is 2. The van der Waals surface area contributed by atoms with Gasteiger partial charge in [-0.1, -0.05) is 72.8 Å². The summed E-state index contributed by atoms with van der Waals surface area (Å²) in [5, 5.41) is 7.36. The highest BCUT2D eigenvalue weighted by Crippen LogP contribution is 2.30. The molecule has 0 aliphatic heterocycles. The van der Waals surface area contributed by atoms with E-state index in [4.69, 9.17) is 0 Å². The lowest BCUT2D eigenvalue weighted by atomic mass is 9.84. The molecule has 1 atom stereocenters. The van der Waals surface area contributed by atoms with Gasteiger partial charge in [0.25, 0.3) is 0 Å². The molecule has 29 heavy (non-hydrogen) atoms. The van der Waals surface area contributed by atoms with Crippen LogP contribution in [0.2, 0.25) is 0 Å². The molecule has 0 fully saturated rings. The van der Waals surface area contributed by atoms with Crippen LogP contribution < -0.4 is 5.32 Å². The maximum absolute atomic E-state index is 13.2. The van der Waals surface area contributed by atoms with E-state index in [1.54, 1.807) is 0 Å². The Bertz CT molecular complexity index is 1230. The molecule has 144 valence electrons. The summed E-state index contributed by atoms with van der Waals surface area (Å²) in [6.45, 7) is 3.40. The molecule has 4 aromatic rings. The summed E-state index contributed by atoms with van der Waals surface area (Å²) in [5.41, 5.74) is 0.778. The molecule has 0 spiro atoms. The monoisotopic (exact) mass is 381 g/mol. The Morgan fingerprint density at radius 2 is 1.31 bits per heavy atom. The van der Waals surface area contributed by atoms with Gasteiger partial charge >= 0.3 is 0 Å². The number of benzene rings is 4. The van der Waals surface area contributed by atoms with Gasteiger partial charge in [0.15, 0.2) is 5.78 Å². The predicted octanol–water partition coefficient (Wildman–Crippen LogP) is 5.62. The Kier molecular flexibility index (Phi) is 4.89. The fourth-order valence-corrected chi connectivity index (χ4v) is 3.93. The normalized spacial score (nSPS) is 13.2. The van der Waals surface area contributed by atoms with Crippen molar-refractivity contribution in [1.29, 1.82) is 0 Å². The summed E-state index contributed by atoms with van der Waals surface area (Å²) >= 11 is 0. The molecular weight excluding hydrogens is 358 g/mol. The first-order valence-electron chi connectivity index (χ1n) is 9.75. The average Bonchev–Trinajstić information content (AvgIpc) is 2.72. The third-order valence-electron chi connectivity index (χ3n) is 5.42. The standard InChI is InChI=1S/C26H23NO2/c1-18(28)27-26(2,24-14-13-20-8-4-6-10-22(20)16-24)17-25(29)23-12-11-19-7-3-5-9-21(19)15-23/h3-16H,17H2,1-2H3,(H,27,28). The maximum Gasteiger partial charge on any atom is 0.217 e. The van der Waals surface area contributed by atoms with Gasteiger partial charge in [-0.05, 0) is 46.2 Å². The van der Waals surface area contributed by atoms with Crippen molar-refractivity contribution >= 4 is 33.2 Å². The van der Waals surface area contributed by atoms with Crippen LogP contribution in [0.4, 0.5) is 0 Å². The number of Topliss-reactive ketones (excluding diaryl/α,β-unsaturated/α-hetero) is 1. The van der Waals surface area contributed by atoms with E-state index in [1.165, 1.54) is 6.92 Å². The van der Waals surface area contributed by atoms with Crippen LogP contribution in [-0.2, 0) is 10.3 Å². The number of ketones is 1. The lowest BCUT2D eigenvalue weighted by molar-refractivity contribution is -0.120. The zero-order chi connectivity index (χ0) is 20.4. The summed E-state index contributed by atoms with van der Waals surface area (Å²) < 4.78 is 0. The Morgan fingerprint density at radius 1 is 0.759 bits per heavy atom. The van der Waals surface area contributed by atoms with Crippen LogP contribution in [0, 0.1) is 0 Å². The molecule has 0 aliphatic carbocycles. The molecular formula is C26H23NO2. The van der Waals surface area contributed by atoms with Gasteiger partial charge in [-0.25, -0.2) is 0 Å². The van der Waals surface area contributed by atoms with Crippen molar-refractivity contribution in [3.8, 4) is 0 Å². The number of carbonyl (C=O) groups is 2. The smallest absolute Gasteiger partial charge is 0.217 e. The molecule has 1 amide bonds. The van der Waals surface area contributed by atoms with Crippen molar-refractivity contribution in [3.05, 3.63) is 96.1 Å². The van der Waals surface area contributed by atoms with Crippen LogP contribution in [0.3, 0.4) is 0 Å². The molecule has 3 nitrogen and oxygen atoms in total. The van der Waals surface area contributed by atoms with Crippen molar-refractivity contribution in [2.45, 2.75) is 25.8 Å². The van der Waals surface area contributed by atoms with Gasteiger partial charge in [-0.3, -0.25) is 9.59 Å². The average molecular weight is 381 g/mol. The summed E-state index contributed by atoms with van der Waals surface area (Å²) in [5.74, 6) is -0.160. The highest BCUT2D eigenvalue weighted by atomic mass is 16.1. The summed E-state index contributed by atoms with van der Waals surface area (Å²) in [6.07, 6.45) is 0.184. The Hall–Kier alpha value is -3.46. The summed E-state index contributed by atoms with van der Waals surface area (Å²) in [7, 11) is 0. The number of rotatable bonds is 5. The molecule has 0 bridgehead atoms. The fraction of sp³-hybridized carbons (Fsp3) is 0.154. The van der Waals surface area contributed by atoms with Crippen LogP contribution in [0.5, 0.6) is 0 Å². The zero-order valence-corrected chi connectivity index (χ0v) is 16.6. The Labute approximate surface area is 170 Å². The van der Waals surface area contributed by atoms with Crippen LogP contribution in [0.25, 0.3) is 21.5 Å². The number of hydrogen-bond acceptors (Lipinski definition) is 2. The van der Waals surface area contributed by atoms with Crippen molar-refractivity contribution in [2.75, 3.05) is 0 Å². The molecule has 1 unspecified atom stereocenters. The van der Waals surface area contributed by atoms with Crippen LogP contribution in [-0.4, -0.2) is 11.7 Å². The maximum atomic E-state index is 13.2. The van der Waals surface area contributed by atoms with Crippen molar-refractivity contribution in [1.82, 2.24) is 5.32 Å². The molecule has 4 aromatic carbocycles. The highest BCUT2D eigenvalue weighted by molar-refractivity contribution is 6.01. The lowest BCUT2D eigenvalue weighted by Gasteiger charge is -2.31. The zero-order valence-electron chi connectivity index (χ0n) is 16.6. The topological polar surface area (TPSA) is 46.2 Å². The van der Waals surface area contributed by atoms with Crippen molar-refractivity contribution in [3.63, 3.8) is 0 Å². The first kappa shape index (κ1) is 18.9. The second kappa shape index (κ2) is 7.51. The van der Waals surface area contributed by atoms with Crippen molar-refractivity contribution < 1.29 is 9.59 Å². The van der Waals surface area contributed by atoms with E-state index < -0.39 is 5.54 Å². The number of nitrogens with one attached hydrogen (secondary N) is 1. The lowest BCUT2D eigenvalue weighted by Crippen LogP contribution is -2.44. The molecule has 0 aromatic heterocycles. The van der Waals surface area contributed by atoms with Crippen molar-refractivity contribution in [2.24, 2.45) is 0 Å². The molecule has 1 N–H and O–H groups in total. The quantitative estimate of drug-likeness (QED) is 0.456. The van der Waals surface area contributed by atoms with Crippen LogP contribution in [0.1, 0.15) is 36.2 Å². The van der Waals surface area contributed by atoms with E-state index in [1.807, 2.05) is 79.7 Å². The van der Waals surface area contributed by atoms with Gasteiger partial charge in [0.2, 0.25) is 5.91 Å². The molecule has 4 rings (SSSR count). The summed E-state index contributed by atoms with van der Waals surface area (Å²) in [6, 6.07) is 27.9. The third kappa shape index (κ3) is 3.90. The molecule has 0 radical (unpaired) electrons. The van der Waals surface area contributed by atoms with Gasteiger partial charge in [-0.2, -0.15) is 0 Å². The number of amides is 1. The second-order valence-corrected chi connectivity index (χ2v) is 7.74.